The SMILES string of the molecule is CC(COC(=O)C1(C)CCCC2(C)C3CCC(C(C)C)CC3CCC12)COC(=O)C1(C)CCCC2(C)C3CCC(C(C)C)CC3CCC12. The minimum Gasteiger partial charge on any atom is -0.465 e. The molecule has 0 spiro atoms. The Labute approximate surface area is 295 Å². The van der Waals surface area contributed by atoms with Gasteiger partial charge in [0.1, 0.15) is 0 Å². The van der Waals surface area contributed by atoms with E-state index in [1.54, 1.807) is 0 Å². The van der Waals surface area contributed by atoms with Gasteiger partial charge < -0.3 is 9.47 Å². The Kier molecular flexibility index (Phi) is 10.6. The van der Waals surface area contributed by atoms with Crippen molar-refractivity contribution >= 4 is 11.9 Å². The minimum absolute atomic E-state index is 0.000793. The quantitative estimate of drug-likeness (QED) is 0.242. The van der Waals surface area contributed by atoms with Crippen molar-refractivity contribution in [2.45, 2.75) is 165 Å². The molecule has 6 rings (SSSR count). The fourth-order valence-corrected chi connectivity index (χ4v) is 14.3. The maximum absolute atomic E-state index is 14.0. The summed E-state index contributed by atoms with van der Waals surface area (Å²) < 4.78 is 12.4. The zero-order valence-corrected chi connectivity index (χ0v) is 32.7. The molecule has 0 bridgehead atoms. The van der Waals surface area contributed by atoms with E-state index in [0.717, 1.165) is 73.0 Å². The zero-order valence-electron chi connectivity index (χ0n) is 32.7. The Balaban J connectivity index is 1.03. The molecule has 0 amide bonds. The summed E-state index contributed by atoms with van der Waals surface area (Å²) in [5, 5.41) is 0. The fraction of sp³-hybridized carbons (Fsp3) is 0.955. The summed E-state index contributed by atoms with van der Waals surface area (Å²) >= 11 is 0. The summed E-state index contributed by atoms with van der Waals surface area (Å²) in [6.07, 6.45) is 19.7. The second-order valence-corrected chi connectivity index (χ2v) is 20.5. The lowest BCUT2D eigenvalue weighted by Gasteiger charge is -2.61. The molecule has 0 radical (unpaired) electrons. The highest BCUT2D eigenvalue weighted by Gasteiger charge is 2.61. The van der Waals surface area contributed by atoms with Gasteiger partial charge in [-0.2, -0.15) is 0 Å². The van der Waals surface area contributed by atoms with Crippen LogP contribution in [0, 0.1) is 86.8 Å². The highest BCUT2D eigenvalue weighted by molar-refractivity contribution is 5.78. The molecule has 0 saturated heterocycles. The van der Waals surface area contributed by atoms with Crippen LogP contribution in [0.1, 0.15) is 165 Å². The summed E-state index contributed by atoms with van der Waals surface area (Å²) in [5.74, 6) is 7.31. The van der Waals surface area contributed by atoms with Crippen molar-refractivity contribution in [3.05, 3.63) is 0 Å². The number of hydrogen-bond donors (Lipinski definition) is 0. The first kappa shape index (κ1) is 36.7. The molecule has 4 nitrogen and oxygen atoms in total. The molecular formula is C44H74O4. The Bertz CT molecular complexity index is 1070. The van der Waals surface area contributed by atoms with Crippen LogP contribution in [-0.4, -0.2) is 25.2 Å². The highest BCUT2D eigenvalue weighted by Crippen LogP contribution is 2.66. The first-order valence-electron chi connectivity index (χ1n) is 21.0. The highest BCUT2D eigenvalue weighted by atomic mass is 16.5. The van der Waals surface area contributed by atoms with Gasteiger partial charge in [-0.3, -0.25) is 9.59 Å². The minimum atomic E-state index is -0.406. The number of ether oxygens (including phenoxy) is 2. The predicted octanol–water partition coefficient (Wildman–Crippen LogP) is 11.3. The number of carbonyl (C=O) groups is 2. The van der Waals surface area contributed by atoms with Crippen molar-refractivity contribution in [2.24, 2.45) is 86.8 Å². The third kappa shape index (κ3) is 6.34. The number of hydrogen-bond acceptors (Lipinski definition) is 4. The van der Waals surface area contributed by atoms with Crippen molar-refractivity contribution in [3.8, 4) is 0 Å². The summed E-state index contributed by atoms with van der Waals surface area (Å²) in [6.45, 7) is 21.9. The molecule has 6 fully saturated rings. The Morgan fingerprint density at radius 2 is 0.958 bits per heavy atom. The average molecular weight is 667 g/mol. The standard InChI is InChI=1S/C44H74O4/c1-28(2)31-12-16-35-33(24-31)14-18-37-41(35,6)20-10-22-43(37,8)39(45)47-26-30(5)27-48-40(46)44(9)23-11-21-42(7)36-17-13-32(29(3)4)25-34(36)15-19-38(42)44/h28-38H,10-27H2,1-9H3. The second-order valence-electron chi connectivity index (χ2n) is 20.5. The third-order valence-corrected chi connectivity index (χ3v) is 17.2. The second kappa shape index (κ2) is 13.8. The molecule has 0 heterocycles. The van der Waals surface area contributed by atoms with E-state index >= 15 is 0 Å². The van der Waals surface area contributed by atoms with E-state index in [-0.39, 0.29) is 28.7 Å². The monoisotopic (exact) mass is 667 g/mol. The van der Waals surface area contributed by atoms with Gasteiger partial charge in [0.2, 0.25) is 0 Å². The molecule has 6 saturated carbocycles. The van der Waals surface area contributed by atoms with Crippen LogP contribution in [0.2, 0.25) is 0 Å². The Hall–Kier alpha value is -1.06. The smallest absolute Gasteiger partial charge is 0.312 e. The molecule has 0 aromatic carbocycles. The first-order chi connectivity index (χ1) is 22.6. The predicted molar refractivity (Wildman–Crippen MR) is 195 cm³/mol. The maximum Gasteiger partial charge on any atom is 0.312 e. The number of carbonyl (C=O) groups excluding carboxylic acids is 2. The molecule has 0 aliphatic heterocycles. The van der Waals surface area contributed by atoms with Crippen LogP contribution < -0.4 is 0 Å². The molecule has 0 N–H and O–H groups in total. The maximum atomic E-state index is 14.0. The number of fused-ring (bicyclic) bond motifs is 6. The van der Waals surface area contributed by atoms with Crippen molar-refractivity contribution in [1.29, 1.82) is 0 Å². The van der Waals surface area contributed by atoms with Gasteiger partial charge in [0, 0.05) is 5.92 Å². The normalized spacial score (nSPS) is 46.5. The molecule has 6 aliphatic rings. The van der Waals surface area contributed by atoms with Gasteiger partial charge in [0.15, 0.2) is 0 Å². The molecule has 274 valence electrons. The first-order valence-corrected chi connectivity index (χ1v) is 21.0. The van der Waals surface area contributed by atoms with Crippen LogP contribution in [0.3, 0.4) is 0 Å². The van der Waals surface area contributed by atoms with E-state index in [0.29, 0.717) is 25.0 Å². The summed E-state index contributed by atoms with van der Waals surface area (Å²) in [6, 6.07) is 0. The molecule has 6 aliphatic carbocycles. The zero-order chi connectivity index (χ0) is 34.6. The van der Waals surface area contributed by atoms with E-state index < -0.39 is 10.8 Å². The van der Waals surface area contributed by atoms with Crippen molar-refractivity contribution in [3.63, 3.8) is 0 Å². The lowest BCUT2D eigenvalue weighted by atomic mass is 9.43. The largest absolute Gasteiger partial charge is 0.465 e. The lowest BCUT2D eigenvalue weighted by molar-refractivity contribution is -0.184. The van der Waals surface area contributed by atoms with Crippen LogP contribution >= 0.6 is 0 Å². The molecule has 0 aromatic heterocycles. The number of rotatable bonds is 8. The van der Waals surface area contributed by atoms with Crippen LogP contribution in [0.5, 0.6) is 0 Å². The van der Waals surface area contributed by atoms with Crippen molar-refractivity contribution in [2.75, 3.05) is 13.2 Å². The molecule has 0 aromatic rings. The Morgan fingerprint density at radius 1 is 0.562 bits per heavy atom. The molecule has 4 heteroatoms. The van der Waals surface area contributed by atoms with Gasteiger partial charge >= 0.3 is 11.9 Å². The van der Waals surface area contributed by atoms with Crippen LogP contribution in [0.4, 0.5) is 0 Å². The third-order valence-electron chi connectivity index (χ3n) is 17.2. The summed E-state index contributed by atoms with van der Waals surface area (Å²) in [5.41, 5.74) is -0.323. The number of esters is 2. The van der Waals surface area contributed by atoms with Gasteiger partial charge in [-0.15, -0.1) is 0 Å². The summed E-state index contributed by atoms with van der Waals surface area (Å²) in [7, 11) is 0. The van der Waals surface area contributed by atoms with Gasteiger partial charge in [-0.1, -0.05) is 61.3 Å². The van der Waals surface area contributed by atoms with E-state index in [1.807, 2.05) is 0 Å². The van der Waals surface area contributed by atoms with Crippen molar-refractivity contribution in [1.82, 2.24) is 0 Å². The van der Waals surface area contributed by atoms with E-state index in [9.17, 15) is 9.59 Å². The van der Waals surface area contributed by atoms with Crippen LogP contribution in [0.15, 0.2) is 0 Å². The summed E-state index contributed by atoms with van der Waals surface area (Å²) in [4.78, 5) is 28.0. The van der Waals surface area contributed by atoms with E-state index in [2.05, 4.69) is 62.3 Å². The average Bonchev–Trinajstić information content (AvgIpc) is 3.05. The Morgan fingerprint density at radius 3 is 1.33 bits per heavy atom. The van der Waals surface area contributed by atoms with Gasteiger partial charge in [0.25, 0.3) is 0 Å². The van der Waals surface area contributed by atoms with E-state index in [4.69, 9.17) is 9.47 Å². The van der Waals surface area contributed by atoms with Gasteiger partial charge in [-0.05, 0) is 174 Å². The lowest BCUT2D eigenvalue weighted by Crippen LogP contribution is -2.56. The molecule has 12 unspecified atom stereocenters. The molecule has 12 atom stereocenters. The van der Waals surface area contributed by atoms with Crippen LogP contribution in [-0.2, 0) is 19.1 Å². The molecule has 48 heavy (non-hydrogen) atoms. The van der Waals surface area contributed by atoms with Crippen LogP contribution in [0.25, 0.3) is 0 Å². The van der Waals surface area contributed by atoms with Crippen molar-refractivity contribution < 1.29 is 19.1 Å². The fourth-order valence-electron chi connectivity index (χ4n) is 14.3. The topological polar surface area (TPSA) is 52.6 Å². The van der Waals surface area contributed by atoms with E-state index in [1.165, 1.54) is 77.0 Å². The van der Waals surface area contributed by atoms with Gasteiger partial charge in [-0.25, -0.2) is 0 Å². The molecular weight excluding hydrogens is 592 g/mol. The van der Waals surface area contributed by atoms with Gasteiger partial charge in [0.05, 0.1) is 24.0 Å².